The highest BCUT2D eigenvalue weighted by atomic mass is 32.1. The van der Waals surface area contributed by atoms with Gasteiger partial charge in [-0.25, -0.2) is 0 Å². The first-order valence-corrected chi connectivity index (χ1v) is 26.2. The quantitative estimate of drug-likeness (QED) is 0.163. The van der Waals surface area contributed by atoms with Gasteiger partial charge in [-0.05, 0) is 141 Å². The monoisotopic (exact) mass is 929 g/mol. The topological polar surface area (TPSA) is 11.4 Å². The number of benzene rings is 8. The van der Waals surface area contributed by atoms with E-state index >= 15 is 0 Å². The average molecular weight is 930 g/mol. The standard InChI is InChI=1S/C63H56BN3S2/c1-37-32-51-57-52(33-37)67-58-46(60-59(67)45-17-12-14-20-54(45)69-60)34-40(63(8,9)10)35-48(58)64(57)47-31-30-43(36-50(47)66(51)49-18-15-21-55-56(49)44-16-11-13-19-53(44)68-55)65(41-26-22-38(23-27-41)61(2,3)4)42-28-24-39(25-29-42)62(5,6)7/h11-36H,1-10H3. The van der Waals surface area contributed by atoms with Gasteiger partial charge in [-0.2, -0.15) is 0 Å². The van der Waals surface area contributed by atoms with Crippen molar-refractivity contribution >= 4 is 131 Å². The Morgan fingerprint density at radius 3 is 1.67 bits per heavy atom. The molecule has 0 spiro atoms. The van der Waals surface area contributed by atoms with Crippen LogP contribution in [0.3, 0.4) is 0 Å². The maximum atomic E-state index is 2.66. The second-order valence-corrected chi connectivity index (χ2v) is 24.9. The molecule has 69 heavy (non-hydrogen) atoms. The Bertz CT molecular complexity index is 3860. The Morgan fingerprint density at radius 1 is 0.435 bits per heavy atom. The average Bonchev–Trinajstić information content (AvgIpc) is 3.99. The van der Waals surface area contributed by atoms with E-state index < -0.39 is 0 Å². The Kier molecular flexibility index (Phi) is 9.06. The van der Waals surface area contributed by atoms with Gasteiger partial charge in [0.1, 0.15) is 0 Å². The van der Waals surface area contributed by atoms with Crippen molar-refractivity contribution in [2.75, 3.05) is 9.80 Å². The molecule has 13 rings (SSSR count). The van der Waals surface area contributed by atoms with Gasteiger partial charge in [-0.1, -0.05) is 141 Å². The molecule has 3 aromatic heterocycles. The van der Waals surface area contributed by atoms with Gasteiger partial charge in [0.15, 0.2) is 0 Å². The first-order valence-electron chi connectivity index (χ1n) is 24.5. The van der Waals surface area contributed by atoms with Crippen molar-refractivity contribution in [1.82, 2.24) is 4.57 Å². The van der Waals surface area contributed by atoms with Crippen LogP contribution in [-0.4, -0.2) is 11.3 Å². The van der Waals surface area contributed by atoms with E-state index in [1.54, 1.807) is 0 Å². The predicted molar refractivity (Wildman–Crippen MR) is 304 cm³/mol. The lowest BCUT2D eigenvalue weighted by molar-refractivity contribution is 0.590. The number of hydrogen-bond donors (Lipinski definition) is 0. The summed E-state index contributed by atoms with van der Waals surface area (Å²) in [5, 5.41) is 5.29. The molecule has 0 atom stereocenters. The van der Waals surface area contributed by atoms with Crippen molar-refractivity contribution in [2.24, 2.45) is 0 Å². The van der Waals surface area contributed by atoms with Gasteiger partial charge in [0.2, 0.25) is 0 Å². The SMILES string of the molecule is Cc1cc2c3c(c1)-n1c4c(cc(C(C)(C)C)cc4c4sc5ccccc5c41)B3c1ccc(N(c3ccc(C(C)(C)C)cc3)c3ccc(C(C)(C)C)cc3)cc1N2c1cccc2sc3ccccc3c12. The van der Waals surface area contributed by atoms with E-state index in [0.29, 0.717) is 0 Å². The van der Waals surface area contributed by atoms with E-state index in [9.17, 15) is 0 Å². The molecule has 0 bridgehead atoms. The summed E-state index contributed by atoms with van der Waals surface area (Å²) in [7, 11) is 0. The fraction of sp³-hybridized carbons (Fsp3) is 0.206. The molecule has 0 aliphatic carbocycles. The summed E-state index contributed by atoms with van der Waals surface area (Å²) in [6, 6.07) is 60.9. The summed E-state index contributed by atoms with van der Waals surface area (Å²) < 4.78 is 7.98. The Morgan fingerprint density at radius 2 is 1.01 bits per heavy atom. The third-order valence-corrected chi connectivity index (χ3v) is 17.4. The molecule has 0 radical (unpaired) electrons. The summed E-state index contributed by atoms with van der Waals surface area (Å²) in [5.74, 6) is 0. The van der Waals surface area contributed by atoms with E-state index in [-0.39, 0.29) is 23.0 Å². The van der Waals surface area contributed by atoms with Crippen LogP contribution in [0.4, 0.5) is 34.1 Å². The van der Waals surface area contributed by atoms with Crippen molar-refractivity contribution in [3.63, 3.8) is 0 Å². The smallest absolute Gasteiger partial charge is 0.252 e. The van der Waals surface area contributed by atoms with Crippen LogP contribution in [-0.2, 0) is 16.2 Å². The lowest BCUT2D eigenvalue weighted by Gasteiger charge is -2.41. The highest BCUT2D eigenvalue weighted by molar-refractivity contribution is 7.27. The van der Waals surface area contributed by atoms with Crippen LogP contribution in [0.2, 0.25) is 0 Å². The highest BCUT2D eigenvalue weighted by Crippen LogP contribution is 2.50. The van der Waals surface area contributed by atoms with E-state index in [4.69, 9.17) is 0 Å². The van der Waals surface area contributed by atoms with E-state index in [1.165, 1.54) is 113 Å². The first-order chi connectivity index (χ1) is 33.0. The number of anilines is 6. The fourth-order valence-corrected chi connectivity index (χ4v) is 13.9. The Hall–Kier alpha value is -6.60. The molecule has 0 amide bonds. The molecular formula is C63H56BN3S2. The third kappa shape index (κ3) is 6.37. The van der Waals surface area contributed by atoms with E-state index in [0.717, 1.165) is 17.1 Å². The lowest BCUT2D eigenvalue weighted by atomic mass is 9.33. The summed E-state index contributed by atoms with van der Waals surface area (Å²) in [4.78, 5) is 5.12. The van der Waals surface area contributed by atoms with Crippen LogP contribution >= 0.6 is 22.7 Å². The van der Waals surface area contributed by atoms with Crippen LogP contribution in [0.1, 0.15) is 84.6 Å². The zero-order chi connectivity index (χ0) is 47.5. The summed E-state index contributed by atoms with van der Waals surface area (Å²) in [6.07, 6.45) is 0. The molecule has 6 heteroatoms. The molecule has 338 valence electrons. The van der Waals surface area contributed by atoms with E-state index in [1.807, 2.05) is 22.7 Å². The van der Waals surface area contributed by atoms with Crippen molar-refractivity contribution in [3.05, 3.63) is 180 Å². The normalized spacial score (nSPS) is 13.6. The second kappa shape index (κ2) is 14.7. The number of thiophene rings is 2. The first kappa shape index (κ1) is 42.5. The van der Waals surface area contributed by atoms with Crippen molar-refractivity contribution in [2.45, 2.75) is 85.5 Å². The van der Waals surface area contributed by atoms with Crippen molar-refractivity contribution in [3.8, 4) is 5.69 Å². The molecule has 0 N–H and O–H groups in total. The van der Waals surface area contributed by atoms with Crippen molar-refractivity contribution in [1.29, 1.82) is 0 Å². The van der Waals surface area contributed by atoms with Gasteiger partial charge < -0.3 is 14.4 Å². The predicted octanol–water partition coefficient (Wildman–Crippen LogP) is 16.6. The van der Waals surface area contributed by atoms with Gasteiger partial charge in [0.05, 0.1) is 21.4 Å². The molecule has 0 unspecified atom stereocenters. The zero-order valence-electron chi connectivity index (χ0n) is 41.2. The Balaban J connectivity index is 1.15. The van der Waals surface area contributed by atoms with Gasteiger partial charge in [-0.15, -0.1) is 22.7 Å². The molecule has 5 heterocycles. The Labute approximate surface area is 414 Å². The minimum atomic E-state index is -0.0548. The van der Waals surface area contributed by atoms with Gasteiger partial charge in [0, 0.05) is 69.8 Å². The van der Waals surface area contributed by atoms with Gasteiger partial charge in [0.25, 0.3) is 6.71 Å². The van der Waals surface area contributed by atoms with Crippen molar-refractivity contribution < 1.29 is 0 Å². The second-order valence-electron chi connectivity index (χ2n) is 22.7. The number of aromatic nitrogens is 1. The van der Waals surface area contributed by atoms with Crippen LogP contribution in [0.15, 0.2) is 158 Å². The van der Waals surface area contributed by atoms with E-state index in [2.05, 4.69) is 241 Å². The van der Waals surface area contributed by atoms with Crippen LogP contribution in [0.5, 0.6) is 0 Å². The highest BCUT2D eigenvalue weighted by Gasteiger charge is 2.44. The molecule has 2 aliphatic heterocycles. The molecule has 8 aromatic carbocycles. The number of aryl methyl sites for hydroxylation is 1. The summed E-state index contributed by atoms with van der Waals surface area (Å²) in [6.45, 7) is 23.2. The number of nitrogens with zero attached hydrogens (tertiary/aromatic N) is 3. The van der Waals surface area contributed by atoms with Crippen LogP contribution in [0.25, 0.3) is 57.1 Å². The maximum Gasteiger partial charge on any atom is 0.252 e. The summed E-state index contributed by atoms with van der Waals surface area (Å²) >= 11 is 3.84. The number of fused-ring (bicyclic) bond motifs is 12. The molecule has 3 nitrogen and oxygen atoms in total. The lowest BCUT2D eigenvalue weighted by Crippen LogP contribution is -2.60. The number of hydrogen-bond acceptors (Lipinski definition) is 4. The summed E-state index contributed by atoms with van der Waals surface area (Å²) in [5.41, 5.74) is 20.4. The minimum absolute atomic E-state index is 0.00693. The van der Waals surface area contributed by atoms with Gasteiger partial charge in [-0.3, -0.25) is 0 Å². The molecular weight excluding hydrogens is 874 g/mol. The van der Waals surface area contributed by atoms with Crippen LogP contribution < -0.4 is 26.2 Å². The number of rotatable bonds is 4. The van der Waals surface area contributed by atoms with Gasteiger partial charge >= 0.3 is 0 Å². The largest absolute Gasteiger partial charge is 0.311 e. The zero-order valence-corrected chi connectivity index (χ0v) is 42.9. The molecule has 11 aromatic rings. The maximum absolute atomic E-state index is 2.66. The molecule has 2 aliphatic rings. The van der Waals surface area contributed by atoms with Crippen LogP contribution in [0, 0.1) is 6.92 Å². The fourth-order valence-electron chi connectivity index (χ4n) is 11.5. The minimum Gasteiger partial charge on any atom is -0.311 e. The molecule has 0 saturated carbocycles. The molecule has 0 fully saturated rings. The third-order valence-electron chi connectivity index (χ3n) is 15.1. The molecule has 0 saturated heterocycles.